The molecular formula is C25H29ClN2O6. The van der Waals surface area contributed by atoms with Gasteiger partial charge in [0.15, 0.2) is 0 Å². The molecule has 182 valence electrons. The van der Waals surface area contributed by atoms with Gasteiger partial charge in [-0.3, -0.25) is 9.59 Å². The molecule has 1 saturated heterocycles. The van der Waals surface area contributed by atoms with Gasteiger partial charge in [-0.25, -0.2) is 0 Å². The summed E-state index contributed by atoms with van der Waals surface area (Å²) >= 11 is 6.31. The fraction of sp³-hybridized carbons (Fsp3) is 0.360. The van der Waals surface area contributed by atoms with Crippen molar-refractivity contribution in [2.75, 3.05) is 48.0 Å². The van der Waals surface area contributed by atoms with E-state index in [0.717, 1.165) is 0 Å². The molecule has 1 atom stereocenters. The second kappa shape index (κ2) is 10.8. The van der Waals surface area contributed by atoms with Gasteiger partial charge in [-0.1, -0.05) is 11.6 Å². The summed E-state index contributed by atoms with van der Waals surface area (Å²) in [7, 11) is 6.78. The molecule has 9 heteroatoms. The molecule has 2 aromatic rings. The summed E-state index contributed by atoms with van der Waals surface area (Å²) in [6.45, 7) is 3.05. The van der Waals surface area contributed by atoms with Crippen LogP contribution in [-0.2, 0) is 9.59 Å². The molecule has 8 nitrogen and oxygen atoms in total. The van der Waals surface area contributed by atoms with Crippen molar-refractivity contribution in [2.24, 2.45) is 0 Å². The summed E-state index contributed by atoms with van der Waals surface area (Å²) < 4.78 is 16.4. The number of hydrogen-bond acceptors (Lipinski definition) is 7. The number of amides is 1. The topological polar surface area (TPSA) is 88.5 Å². The number of Topliss-reactive ketones (excluding diaryl/α,β-unsaturated/α-hetero) is 1. The van der Waals surface area contributed by atoms with Crippen LogP contribution in [0.15, 0.2) is 42.0 Å². The number of aliphatic hydroxyl groups is 1. The van der Waals surface area contributed by atoms with Gasteiger partial charge in [0.1, 0.15) is 23.0 Å². The van der Waals surface area contributed by atoms with Crippen LogP contribution in [0.5, 0.6) is 17.2 Å². The van der Waals surface area contributed by atoms with Gasteiger partial charge in [-0.2, -0.15) is 0 Å². The van der Waals surface area contributed by atoms with Gasteiger partial charge in [-0.05, 0) is 57.4 Å². The maximum Gasteiger partial charge on any atom is 0.295 e. The molecule has 0 aliphatic carbocycles. The molecule has 1 heterocycles. The number of nitrogens with zero attached hydrogens (tertiary/aromatic N) is 2. The highest BCUT2D eigenvalue weighted by Crippen LogP contribution is 2.44. The predicted octanol–water partition coefficient (Wildman–Crippen LogP) is 3.74. The first kappa shape index (κ1) is 25.4. The van der Waals surface area contributed by atoms with Gasteiger partial charge in [0.2, 0.25) is 0 Å². The number of methoxy groups -OCH3 is 2. The third kappa shape index (κ3) is 4.98. The number of carbonyl (C=O) groups excluding carboxylic acids is 2. The normalized spacial score (nSPS) is 17.4. The Morgan fingerprint density at radius 1 is 1.09 bits per heavy atom. The first-order chi connectivity index (χ1) is 16.2. The van der Waals surface area contributed by atoms with Crippen LogP contribution >= 0.6 is 11.6 Å². The van der Waals surface area contributed by atoms with E-state index in [0.29, 0.717) is 41.5 Å². The Kier molecular flexibility index (Phi) is 8.06. The van der Waals surface area contributed by atoms with E-state index in [1.54, 1.807) is 30.3 Å². The number of benzene rings is 2. The van der Waals surface area contributed by atoms with E-state index in [1.807, 2.05) is 25.9 Å². The van der Waals surface area contributed by atoms with E-state index in [1.165, 1.54) is 25.2 Å². The number of carbonyl (C=O) groups is 2. The molecule has 34 heavy (non-hydrogen) atoms. The standard InChI is InChI=1S/C25H29ClN2O6/c1-6-34-20-9-7-15(13-18(20)26)23(29)21-22(17-14-16(32-4)8-10-19(17)33-5)28(12-11-27(2)3)25(31)24(21)30/h7-10,13-14,22,29H,6,11-12H2,1-5H3/t22-/m1/s1. The SMILES string of the molecule is CCOc1ccc(C(O)=C2C(=O)C(=O)N(CCN(C)C)[C@@H]2c2cc(OC)ccc2OC)cc1Cl. The van der Waals surface area contributed by atoms with E-state index in [4.69, 9.17) is 25.8 Å². The minimum atomic E-state index is -0.879. The number of ether oxygens (including phenoxy) is 3. The molecule has 1 aliphatic heterocycles. The molecule has 0 radical (unpaired) electrons. The van der Waals surface area contributed by atoms with E-state index < -0.39 is 17.7 Å². The zero-order chi connectivity index (χ0) is 25.0. The Labute approximate surface area is 204 Å². The van der Waals surface area contributed by atoms with E-state index in [2.05, 4.69) is 0 Å². The highest BCUT2D eigenvalue weighted by Gasteiger charge is 2.47. The lowest BCUT2D eigenvalue weighted by atomic mass is 9.94. The molecule has 0 saturated carbocycles. The largest absolute Gasteiger partial charge is 0.507 e. The van der Waals surface area contributed by atoms with Gasteiger partial charge >= 0.3 is 0 Å². The highest BCUT2D eigenvalue weighted by molar-refractivity contribution is 6.46. The fourth-order valence-electron chi connectivity index (χ4n) is 3.87. The van der Waals surface area contributed by atoms with Crippen molar-refractivity contribution in [1.82, 2.24) is 9.80 Å². The lowest BCUT2D eigenvalue weighted by Crippen LogP contribution is -2.35. The maximum atomic E-state index is 13.2. The van der Waals surface area contributed by atoms with Crippen molar-refractivity contribution < 1.29 is 28.9 Å². The lowest BCUT2D eigenvalue weighted by molar-refractivity contribution is -0.140. The minimum absolute atomic E-state index is 0.0458. The molecule has 1 aliphatic rings. The summed E-state index contributed by atoms with van der Waals surface area (Å²) in [5, 5.41) is 11.5. The number of aliphatic hydroxyl groups excluding tert-OH is 1. The lowest BCUT2D eigenvalue weighted by Gasteiger charge is -2.28. The van der Waals surface area contributed by atoms with Gasteiger partial charge in [0.25, 0.3) is 11.7 Å². The van der Waals surface area contributed by atoms with Crippen molar-refractivity contribution in [2.45, 2.75) is 13.0 Å². The van der Waals surface area contributed by atoms with Crippen LogP contribution < -0.4 is 14.2 Å². The molecule has 0 unspecified atom stereocenters. The smallest absolute Gasteiger partial charge is 0.295 e. The van der Waals surface area contributed by atoms with Crippen molar-refractivity contribution in [3.05, 3.63) is 58.1 Å². The maximum absolute atomic E-state index is 13.2. The van der Waals surface area contributed by atoms with Crippen LogP contribution in [-0.4, -0.2) is 74.6 Å². The summed E-state index contributed by atoms with van der Waals surface area (Å²) in [5.74, 6) is -0.369. The van der Waals surface area contributed by atoms with Crippen molar-refractivity contribution >= 4 is 29.1 Å². The molecule has 2 aromatic carbocycles. The van der Waals surface area contributed by atoms with Crippen molar-refractivity contribution in [3.8, 4) is 17.2 Å². The molecule has 1 amide bonds. The first-order valence-electron chi connectivity index (χ1n) is 10.8. The predicted molar refractivity (Wildman–Crippen MR) is 130 cm³/mol. The van der Waals surface area contributed by atoms with Gasteiger partial charge in [-0.15, -0.1) is 0 Å². The second-order valence-electron chi connectivity index (χ2n) is 7.98. The summed E-state index contributed by atoms with van der Waals surface area (Å²) in [5.41, 5.74) is 0.778. The van der Waals surface area contributed by atoms with Gasteiger partial charge in [0.05, 0.1) is 37.5 Å². The van der Waals surface area contributed by atoms with Crippen molar-refractivity contribution in [1.29, 1.82) is 0 Å². The number of likely N-dealkylation sites (tertiary alicyclic amines) is 1. The third-order valence-corrected chi connectivity index (χ3v) is 5.86. The summed E-state index contributed by atoms with van der Waals surface area (Å²) in [6.07, 6.45) is 0. The quantitative estimate of drug-likeness (QED) is 0.327. The number of halogens is 1. The van der Waals surface area contributed by atoms with E-state index in [9.17, 15) is 14.7 Å². The van der Waals surface area contributed by atoms with Crippen LogP contribution in [0.3, 0.4) is 0 Å². The Morgan fingerprint density at radius 3 is 2.38 bits per heavy atom. The number of rotatable bonds is 9. The molecule has 1 N–H and O–H groups in total. The van der Waals surface area contributed by atoms with E-state index in [-0.39, 0.29) is 22.9 Å². The molecule has 0 bridgehead atoms. The highest BCUT2D eigenvalue weighted by atomic mass is 35.5. The Bertz CT molecular complexity index is 1110. The summed E-state index contributed by atoms with van der Waals surface area (Å²) in [4.78, 5) is 29.7. The number of hydrogen-bond donors (Lipinski definition) is 1. The Hall–Kier alpha value is -3.23. The van der Waals surface area contributed by atoms with Gasteiger partial charge in [0, 0.05) is 24.2 Å². The average Bonchev–Trinajstić information content (AvgIpc) is 3.07. The van der Waals surface area contributed by atoms with Crippen LogP contribution in [0, 0.1) is 0 Å². The third-order valence-electron chi connectivity index (χ3n) is 5.56. The molecule has 1 fully saturated rings. The van der Waals surface area contributed by atoms with E-state index >= 15 is 0 Å². The average molecular weight is 489 g/mol. The first-order valence-corrected chi connectivity index (χ1v) is 11.2. The zero-order valence-corrected chi connectivity index (χ0v) is 20.7. The number of likely N-dealkylation sites (N-methyl/N-ethyl adjacent to an activating group) is 1. The van der Waals surface area contributed by atoms with Crippen LogP contribution in [0.25, 0.3) is 5.76 Å². The van der Waals surface area contributed by atoms with Crippen molar-refractivity contribution in [3.63, 3.8) is 0 Å². The van der Waals surface area contributed by atoms with Crippen LogP contribution in [0.2, 0.25) is 5.02 Å². The Balaban J connectivity index is 2.22. The van der Waals surface area contributed by atoms with Gasteiger partial charge < -0.3 is 29.1 Å². The molecule has 3 rings (SSSR count). The Morgan fingerprint density at radius 2 is 1.79 bits per heavy atom. The summed E-state index contributed by atoms with van der Waals surface area (Å²) in [6, 6.07) is 8.97. The fourth-order valence-corrected chi connectivity index (χ4v) is 4.11. The molecule has 0 spiro atoms. The molecule has 0 aromatic heterocycles. The second-order valence-corrected chi connectivity index (χ2v) is 8.39. The van der Waals surface area contributed by atoms with Crippen LogP contribution in [0.4, 0.5) is 0 Å². The zero-order valence-electron chi connectivity index (χ0n) is 19.9. The monoisotopic (exact) mass is 488 g/mol. The minimum Gasteiger partial charge on any atom is -0.507 e. The number of ketones is 1. The van der Waals surface area contributed by atoms with Crippen LogP contribution in [0.1, 0.15) is 24.1 Å². The molecular weight excluding hydrogens is 460 g/mol.